The third-order valence-corrected chi connectivity index (χ3v) is 5.45. The number of oxazole rings is 1. The van der Waals surface area contributed by atoms with Crippen LogP contribution in [0.1, 0.15) is 41.5 Å². The van der Waals surface area contributed by atoms with Gasteiger partial charge in [0.05, 0.1) is 25.6 Å². The average molecular weight is 408 g/mol. The standard InChI is InChI=1S/C24H25FN2O3/c1-29-21-9-3-6-18(12-21)14-23(28)27-10-4-7-19(16-27)24-26-15-22(30-24)13-17-5-2-8-20(25)11-17/h2-3,5-6,8-9,11-12,15,19H,4,7,10,13-14,16H2,1H3/t19-/m0/s1. The predicted octanol–water partition coefficient (Wildman–Crippen LogP) is 4.36. The Morgan fingerprint density at radius 1 is 1.23 bits per heavy atom. The molecule has 1 aromatic heterocycles. The fourth-order valence-electron chi connectivity index (χ4n) is 3.92. The summed E-state index contributed by atoms with van der Waals surface area (Å²) in [7, 11) is 1.62. The van der Waals surface area contributed by atoms with E-state index in [0.29, 0.717) is 31.0 Å². The first-order valence-corrected chi connectivity index (χ1v) is 10.2. The maximum absolute atomic E-state index is 13.4. The molecule has 6 heteroatoms. The fraction of sp³-hybridized carbons (Fsp3) is 0.333. The number of rotatable bonds is 6. The van der Waals surface area contributed by atoms with Gasteiger partial charge in [-0.3, -0.25) is 4.79 Å². The lowest BCUT2D eigenvalue weighted by atomic mass is 9.97. The van der Waals surface area contributed by atoms with Crippen LogP contribution in [0.15, 0.2) is 59.1 Å². The Labute approximate surface area is 175 Å². The number of ether oxygens (including phenoxy) is 1. The largest absolute Gasteiger partial charge is 0.497 e. The predicted molar refractivity (Wildman–Crippen MR) is 111 cm³/mol. The number of aromatic nitrogens is 1. The van der Waals surface area contributed by atoms with Crippen molar-refractivity contribution in [1.29, 1.82) is 0 Å². The highest BCUT2D eigenvalue weighted by atomic mass is 19.1. The molecule has 4 rings (SSSR count). The van der Waals surface area contributed by atoms with Crippen LogP contribution < -0.4 is 4.74 Å². The van der Waals surface area contributed by atoms with Crippen LogP contribution in [0, 0.1) is 5.82 Å². The van der Waals surface area contributed by atoms with E-state index in [2.05, 4.69) is 4.98 Å². The number of piperidine rings is 1. The average Bonchev–Trinajstić information content (AvgIpc) is 3.22. The number of carbonyl (C=O) groups is 1. The van der Waals surface area contributed by atoms with E-state index in [0.717, 1.165) is 36.3 Å². The number of nitrogens with zero attached hydrogens (tertiary/aromatic N) is 2. The van der Waals surface area contributed by atoms with Crippen LogP contribution in [0.2, 0.25) is 0 Å². The third-order valence-electron chi connectivity index (χ3n) is 5.45. The molecule has 2 heterocycles. The smallest absolute Gasteiger partial charge is 0.227 e. The van der Waals surface area contributed by atoms with Gasteiger partial charge in [0.2, 0.25) is 5.91 Å². The van der Waals surface area contributed by atoms with Crippen molar-refractivity contribution < 1.29 is 18.3 Å². The summed E-state index contributed by atoms with van der Waals surface area (Å²) in [6.45, 7) is 1.35. The lowest BCUT2D eigenvalue weighted by molar-refractivity contribution is -0.131. The number of halogens is 1. The molecule has 5 nitrogen and oxygen atoms in total. The number of amides is 1. The van der Waals surface area contributed by atoms with Crippen LogP contribution in [0.3, 0.4) is 0 Å². The molecule has 0 radical (unpaired) electrons. The van der Waals surface area contributed by atoms with E-state index in [1.807, 2.05) is 35.2 Å². The molecule has 1 atom stereocenters. The summed E-state index contributed by atoms with van der Waals surface area (Å²) < 4.78 is 24.6. The van der Waals surface area contributed by atoms with E-state index >= 15 is 0 Å². The molecule has 0 saturated carbocycles. The van der Waals surface area contributed by atoms with Crippen molar-refractivity contribution >= 4 is 5.91 Å². The Hall–Kier alpha value is -3.15. The third kappa shape index (κ3) is 4.87. The molecule has 1 saturated heterocycles. The van der Waals surface area contributed by atoms with Gasteiger partial charge in [-0.15, -0.1) is 0 Å². The summed E-state index contributed by atoms with van der Waals surface area (Å²) in [5.74, 6) is 2.02. The quantitative estimate of drug-likeness (QED) is 0.608. The molecule has 0 aliphatic carbocycles. The van der Waals surface area contributed by atoms with Crippen LogP contribution in [0.5, 0.6) is 5.75 Å². The maximum Gasteiger partial charge on any atom is 0.227 e. The molecular weight excluding hydrogens is 383 g/mol. The second-order valence-corrected chi connectivity index (χ2v) is 7.68. The number of methoxy groups -OCH3 is 1. The molecule has 30 heavy (non-hydrogen) atoms. The number of hydrogen-bond donors (Lipinski definition) is 0. The zero-order valence-corrected chi connectivity index (χ0v) is 17.0. The van der Waals surface area contributed by atoms with Crippen molar-refractivity contribution in [3.8, 4) is 5.75 Å². The van der Waals surface area contributed by atoms with Gasteiger partial charge in [0.15, 0.2) is 5.89 Å². The lowest BCUT2D eigenvalue weighted by Gasteiger charge is -2.31. The minimum atomic E-state index is -0.260. The number of benzene rings is 2. The molecule has 1 aliphatic rings. The highest BCUT2D eigenvalue weighted by Crippen LogP contribution is 2.28. The summed E-state index contributed by atoms with van der Waals surface area (Å²) in [5.41, 5.74) is 1.78. The SMILES string of the molecule is COc1cccc(CC(=O)N2CCC[C@H](c3ncc(Cc4cccc(F)c4)o3)C2)c1. The molecule has 3 aromatic rings. The van der Waals surface area contributed by atoms with E-state index < -0.39 is 0 Å². The van der Waals surface area contributed by atoms with Crippen LogP contribution in [0.4, 0.5) is 4.39 Å². The van der Waals surface area contributed by atoms with Gasteiger partial charge in [-0.25, -0.2) is 9.37 Å². The lowest BCUT2D eigenvalue weighted by Crippen LogP contribution is -2.40. The highest BCUT2D eigenvalue weighted by molar-refractivity contribution is 5.79. The summed E-state index contributed by atoms with van der Waals surface area (Å²) >= 11 is 0. The molecule has 1 aliphatic heterocycles. The monoisotopic (exact) mass is 408 g/mol. The zero-order chi connectivity index (χ0) is 20.9. The summed E-state index contributed by atoms with van der Waals surface area (Å²) in [5, 5.41) is 0. The molecule has 0 N–H and O–H groups in total. The topological polar surface area (TPSA) is 55.6 Å². The molecule has 1 amide bonds. The molecular formula is C24H25FN2O3. The minimum absolute atomic E-state index is 0.0780. The van der Waals surface area contributed by atoms with Gasteiger partial charge in [-0.05, 0) is 48.2 Å². The van der Waals surface area contributed by atoms with Crippen molar-refractivity contribution in [3.63, 3.8) is 0 Å². The Kier molecular flexibility index (Phi) is 6.12. The molecule has 2 aromatic carbocycles. The first kappa shape index (κ1) is 20.1. The Morgan fingerprint density at radius 2 is 2.07 bits per heavy atom. The van der Waals surface area contributed by atoms with E-state index in [1.54, 1.807) is 19.4 Å². The van der Waals surface area contributed by atoms with Crippen LogP contribution in [-0.2, 0) is 17.6 Å². The summed E-state index contributed by atoms with van der Waals surface area (Å²) in [6.07, 6.45) is 4.40. The number of hydrogen-bond acceptors (Lipinski definition) is 4. The van der Waals surface area contributed by atoms with Crippen molar-refractivity contribution in [2.24, 2.45) is 0 Å². The summed E-state index contributed by atoms with van der Waals surface area (Å²) in [4.78, 5) is 19.2. The number of carbonyl (C=O) groups excluding carboxylic acids is 1. The van der Waals surface area contributed by atoms with Gasteiger partial charge < -0.3 is 14.1 Å². The Balaban J connectivity index is 1.39. The van der Waals surface area contributed by atoms with E-state index in [9.17, 15) is 9.18 Å². The van der Waals surface area contributed by atoms with Crippen LogP contribution in [-0.4, -0.2) is 36.0 Å². The highest BCUT2D eigenvalue weighted by Gasteiger charge is 2.28. The fourth-order valence-corrected chi connectivity index (χ4v) is 3.92. The van der Waals surface area contributed by atoms with Crippen molar-refractivity contribution in [1.82, 2.24) is 9.88 Å². The van der Waals surface area contributed by atoms with Gasteiger partial charge in [0.25, 0.3) is 0 Å². The minimum Gasteiger partial charge on any atom is -0.497 e. The van der Waals surface area contributed by atoms with Crippen molar-refractivity contribution in [3.05, 3.63) is 83.3 Å². The Morgan fingerprint density at radius 3 is 2.90 bits per heavy atom. The van der Waals surface area contributed by atoms with E-state index in [-0.39, 0.29) is 17.6 Å². The van der Waals surface area contributed by atoms with E-state index in [1.165, 1.54) is 12.1 Å². The van der Waals surface area contributed by atoms with Crippen LogP contribution in [0.25, 0.3) is 0 Å². The molecule has 0 unspecified atom stereocenters. The van der Waals surface area contributed by atoms with Gasteiger partial charge in [-0.1, -0.05) is 24.3 Å². The molecule has 156 valence electrons. The normalized spacial score (nSPS) is 16.5. The zero-order valence-electron chi connectivity index (χ0n) is 17.0. The second-order valence-electron chi connectivity index (χ2n) is 7.68. The Bertz CT molecular complexity index is 1020. The van der Waals surface area contributed by atoms with E-state index in [4.69, 9.17) is 9.15 Å². The maximum atomic E-state index is 13.4. The first-order chi connectivity index (χ1) is 14.6. The molecule has 1 fully saturated rings. The van der Waals surface area contributed by atoms with Crippen molar-refractivity contribution in [2.75, 3.05) is 20.2 Å². The number of likely N-dealkylation sites (tertiary alicyclic amines) is 1. The van der Waals surface area contributed by atoms with Gasteiger partial charge in [0, 0.05) is 19.5 Å². The van der Waals surface area contributed by atoms with Gasteiger partial charge in [-0.2, -0.15) is 0 Å². The first-order valence-electron chi connectivity index (χ1n) is 10.2. The van der Waals surface area contributed by atoms with Gasteiger partial charge >= 0.3 is 0 Å². The second kappa shape index (κ2) is 9.11. The molecule has 0 spiro atoms. The summed E-state index contributed by atoms with van der Waals surface area (Å²) in [6, 6.07) is 14.1. The van der Waals surface area contributed by atoms with Crippen LogP contribution >= 0.6 is 0 Å². The van der Waals surface area contributed by atoms with Gasteiger partial charge in [0.1, 0.15) is 17.3 Å². The molecule has 0 bridgehead atoms. The van der Waals surface area contributed by atoms with Crippen molar-refractivity contribution in [2.45, 2.75) is 31.6 Å².